The van der Waals surface area contributed by atoms with Crippen LogP contribution in [-0.2, 0) is 4.79 Å². The van der Waals surface area contributed by atoms with E-state index in [2.05, 4.69) is 10.2 Å². The van der Waals surface area contributed by atoms with E-state index < -0.39 is 0 Å². The summed E-state index contributed by atoms with van der Waals surface area (Å²) in [7, 11) is 0. The Balaban J connectivity index is 0.000000110. The molecule has 4 nitrogen and oxygen atoms in total. The summed E-state index contributed by atoms with van der Waals surface area (Å²) in [6.45, 7) is 4.75. The zero-order chi connectivity index (χ0) is 28.3. The number of nitrogens with one attached hydrogen (secondary N) is 1. The molecule has 1 amide bonds. The van der Waals surface area contributed by atoms with Crippen LogP contribution in [0.15, 0.2) is 0 Å². The number of amides is 1. The quantitative estimate of drug-likeness (QED) is 0.356. The lowest BCUT2D eigenvalue weighted by molar-refractivity contribution is -0.135. The van der Waals surface area contributed by atoms with E-state index in [1.54, 1.807) is 6.42 Å². The van der Waals surface area contributed by atoms with Gasteiger partial charge in [-0.05, 0) is 173 Å². The minimum atomic E-state index is 0.515. The standard InChI is InChI=1S/C20H31NO.C10H17N.C8H15N/c22-19(21-6-5-20(13-21)3-1-2-4-20)12-18-16-8-14-7-15(10-16)11-17(18)9-14;11-10-8-2-6-1-7(4-8)5-9(10)3-6;1-2-4-8(3-1)5-6-9-7-8/h14-18H,1-13H2;6-10H,1-5,11H2;9H,1-7H2. The molecule has 12 aliphatic rings. The van der Waals surface area contributed by atoms with Crippen molar-refractivity contribution in [2.45, 2.75) is 141 Å². The number of hydrogen-bond donors (Lipinski definition) is 2. The molecule has 12 fully saturated rings. The van der Waals surface area contributed by atoms with Gasteiger partial charge in [-0.3, -0.25) is 4.79 Å². The fourth-order valence-corrected chi connectivity index (χ4v) is 13.7. The van der Waals surface area contributed by atoms with E-state index in [0.717, 1.165) is 78.2 Å². The van der Waals surface area contributed by atoms with Crippen LogP contribution in [0.2, 0.25) is 0 Å². The molecule has 0 radical (unpaired) electrons. The lowest BCUT2D eigenvalue weighted by Crippen LogP contribution is -2.52. The van der Waals surface area contributed by atoms with Crippen LogP contribution >= 0.6 is 0 Å². The van der Waals surface area contributed by atoms with Crippen LogP contribution in [0.5, 0.6) is 0 Å². The Morgan fingerprint density at radius 2 is 1.14 bits per heavy atom. The van der Waals surface area contributed by atoms with Gasteiger partial charge in [0.1, 0.15) is 0 Å². The highest BCUT2D eigenvalue weighted by Gasteiger charge is 2.50. The smallest absolute Gasteiger partial charge is 0.222 e. The summed E-state index contributed by atoms with van der Waals surface area (Å²) in [6.07, 6.45) is 29.9. The number of carbonyl (C=O) groups is 1. The average Bonchev–Trinajstić information content (AvgIpc) is 3.81. The molecule has 42 heavy (non-hydrogen) atoms. The van der Waals surface area contributed by atoms with Gasteiger partial charge in [-0.25, -0.2) is 0 Å². The minimum Gasteiger partial charge on any atom is -0.342 e. The van der Waals surface area contributed by atoms with Crippen molar-refractivity contribution in [2.24, 2.45) is 69.8 Å². The molecule has 2 saturated heterocycles. The first-order valence-electron chi connectivity index (χ1n) is 19.2. The third-order valence-electron chi connectivity index (χ3n) is 15.6. The Kier molecular flexibility index (Phi) is 7.99. The summed E-state index contributed by atoms with van der Waals surface area (Å²) in [5, 5.41) is 3.46. The zero-order valence-electron chi connectivity index (χ0n) is 26.9. The first-order chi connectivity index (χ1) is 20.4. The van der Waals surface area contributed by atoms with Crippen molar-refractivity contribution in [3.8, 4) is 0 Å². The van der Waals surface area contributed by atoms with E-state index in [0.29, 0.717) is 17.4 Å². The van der Waals surface area contributed by atoms with Crippen molar-refractivity contribution in [1.29, 1.82) is 0 Å². The molecule has 10 saturated carbocycles. The van der Waals surface area contributed by atoms with Gasteiger partial charge in [0, 0.05) is 32.1 Å². The fraction of sp³-hybridized carbons (Fsp3) is 0.974. The Bertz CT molecular complexity index is 884. The molecule has 10 aliphatic carbocycles. The third kappa shape index (κ3) is 5.65. The number of likely N-dealkylation sites (tertiary alicyclic amines) is 1. The van der Waals surface area contributed by atoms with Gasteiger partial charge in [-0.2, -0.15) is 0 Å². The molecule has 0 aromatic rings. The van der Waals surface area contributed by atoms with E-state index in [1.165, 1.54) is 135 Å². The highest BCUT2D eigenvalue weighted by Crippen LogP contribution is 2.58. The Hall–Kier alpha value is -0.610. The monoisotopic (exact) mass is 577 g/mol. The van der Waals surface area contributed by atoms with Gasteiger partial charge in [0.2, 0.25) is 5.91 Å². The Labute approximate surface area is 257 Å². The largest absolute Gasteiger partial charge is 0.342 e. The van der Waals surface area contributed by atoms with Crippen LogP contribution in [0, 0.1) is 64.1 Å². The summed E-state index contributed by atoms with van der Waals surface area (Å²) in [5.41, 5.74) is 7.49. The van der Waals surface area contributed by atoms with Crippen molar-refractivity contribution < 1.29 is 4.79 Å². The highest BCUT2D eigenvalue weighted by molar-refractivity contribution is 5.77. The van der Waals surface area contributed by atoms with Gasteiger partial charge in [0.05, 0.1) is 0 Å². The maximum Gasteiger partial charge on any atom is 0.222 e. The minimum absolute atomic E-state index is 0.515. The van der Waals surface area contributed by atoms with Crippen LogP contribution in [0.1, 0.15) is 135 Å². The highest BCUT2D eigenvalue weighted by atomic mass is 16.2. The topological polar surface area (TPSA) is 58.4 Å². The molecule has 3 N–H and O–H groups in total. The molecule has 4 heteroatoms. The van der Waals surface area contributed by atoms with Gasteiger partial charge < -0.3 is 16.0 Å². The van der Waals surface area contributed by atoms with E-state index >= 15 is 0 Å². The van der Waals surface area contributed by atoms with Crippen molar-refractivity contribution in [2.75, 3.05) is 26.2 Å². The van der Waals surface area contributed by atoms with E-state index in [4.69, 9.17) is 5.73 Å². The molecule has 236 valence electrons. The van der Waals surface area contributed by atoms with Gasteiger partial charge in [-0.15, -0.1) is 0 Å². The summed E-state index contributed by atoms with van der Waals surface area (Å²) in [4.78, 5) is 15.2. The molecule has 0 aromatic carbocycles. The average molecular weight is 578 g/mol. The molecule has 2 heterocycles. The van der Waals surface area contributed by atoms with Gasteiger partial charge in [0.25, 0.3) is 0 Å². The molecular formula is C38H63N3O. The summed E-state index contributed by atoms with van der Waals surface area (Å²) in [6, 6.07) is 0.586. The molecule has 0 atom stereocenters. The number of nitrogens with two attached hydrogens (primary N) is 1. The summed E-state index contributed by atoms with van der Waals surface area (Å²) < 4.78 is 0. The normalized spacial score (nSPS) is 46.3. The first kappa shape index (κ1) is 28.8. The molecular weight excluding hydrogens is 514 g/mol. The summed E-state index contributed by atoms with van der Waals surface area (Å²) >= 11 is 0. The molecule has 2 aliphatic heterocycles. The third-order valence-corrected chi connectivity index (χ3v) is 15.6. The first-order valence-corrected chi connectivity index (χ1v) is 19.2. The second kappa shape index (κ2) is 11.6. The van der Waals surface area contributed by atoms with Crippen LogP contribution in [-0.4, -0.2) is 43.0 Å². The van der Waals surface area contributed by atoms with E-state index in [-0.39, 0.29) is 0 Å². The van der Waals surface area contributed by atoms with E-state index in [1.807, 2.05) is 0 Å². The maximum atomic E-state index is 12.9. The van der Waals surface area contributed by atoms with Crippen LogP contribution < -0.4 is 11.1 Å². The number of hydrogen-bond acceptors (Lipinski definition) is 3. The molecule has 8 bridgehead atoms. The van der Waals surface area contributed by atoms with Gasteiger partial charge >= 0.3 is 0 Å². The molecule has 12 rings (SSSR count). The van der Waals surface area contributed by atoms with Gasteiger partial charge in [-0.1, -0.05) is 25.7 Å². The molecule has 0 unspecified atom stereocenters. The lowest BCUT2D eigenvalue weighted by atomic mass is 9.51. The van der Waals surface area contributed by atoms with Crippen LogP contribution in [0.4, 0.5) is 0 Å². The fourth-order valence-electron chi connectivity index (χ4n) is 13.7. The SMILES string of the molecule is C1CCC2(C1)CCNC2.NC1C2CC3CC(C2)CC1C3.O=C(CC1C2CC3CC(C2)CC1C3)N1CCC2(CCCC2)C1. The second-order valence-corrected chi connectivity index (χ2v) is 18.2. The zero-order valence-corrected chi connectivity index (χ0v) is 26.9. The predicted octanol–water partition coefficient (Wildman–Crippen LogP) is 7.55. The lowest BCUT2D eigenvalue weighted by Gasteiger charge is -2.54. The van der Waals surface area contributed by atoms with Crippen molar-refractivity contribution in [3.05, 3.63) is 0 Å². The predicted molar refractivity (Wildman–Crippen MR) is 171 cm³/mol. The number of rotatable bonds is 2. The van der Waals surface area contributed by atoms with E-state index in [9.17, 15) is 4.79 Å². The van der Waals surface area contributed by atoms with Crippen LogP contribution in [0.3, 0.4) is 0 Å². The number of nitrogens with zero attached hydrogens (tertiary/aromatic N) is 1. The molecule has 0 aromatic heterocycles. The maximum absolute atomic E-state index is 12.9. The Morgan fingerprint density at radius 1 is 0.643 bits per heavy atom. The van der Waals surface area contributed by atoms with Crippen molar-refractivity contribution in [1.82, 2.24) is 10.2 Å². The van der Waals surface area contributed by atoms with Crippen molar-refractivity contribution >= 4 is 5.91 Å². The van der Waals surface area contributed by atoms with Gasteiger partial charge in [0.15, 0.2) is 0 Å². The molecule has 2 spiro atoms. The van der Waals surface area contributed by atoms with Crippen LogP contribution in [0.25, 0.3) is 0 Å². The second-order valence-electron chi connectivity index (χ2n) is 18.2. The van der Waals surface area contributed by atoms with Crippen molar-refractivity contribution in [3.63, 3.8) is 0 Å². The Morgan fingerprint density at radius 3 is 1.64 bits per heavy atom. The number of carbonyl (C=O) groups excluding carboxylic acids is 1. The summed E-state index contributed by atoms with van der Waals surface area (Å²) in [5.74, 6) is 9.14.